The zero-order chi connectivity index (χ0) is 28.9. The summed E-state index contributed by atoms with van der Waals surface area (Å²) >= 11 is 0. The minimum atomic E-state index is -0.394. The number of para-hydroxylation sites is 1. The van der Waals surface area contributed by atoms with Crippen molar-refractivity contribution in [3.63, 3.8) is 0 Å². The van der Waals surface area contributed by atoms with Crippen LogP contribution >= 0.6 is 0 Å². The highest BCUT2D eigenvalue weighted by molar-refractivity contribution is 5.91. The average molecular weight is 575 g/mol. The van der Waals surface area contributed by atoms with E-state index in [-0.39, 0.29) is 12.1 Å². The molecule has 4 aliphatic heterocycles. The first-order chi connectivity index (χ1) is 20.5. The van der Waals surface area contributed by atoms with Gasteiger partial charge in [0, 0.05) is 76.5 Å². The summed E-state index contributed by atoms with van der Waals surface area (Å²) in [6.07, 6.45) is 4.56. The van der Waals surface area contributed by atoms with Crippen molar-refractivity contribution in [3.05, 3.63) is 54.6 Å². The smallest absolute Gasteiger partial charge is 0.411 e. The van der Waals surface area contributed by atoms with E-state index >= 15 is 0 Å². The van der Waals surface area contributed by atoms with Crippen LogP contribution in [0.3, 0.4) is 0 Å². The van der Waals surface area contributed by atoms with E-state index in [0.717, 1.165) is 107 Å². The van der Waals surface area contributed by atoms with Crippen LogP contribution in [0.15, 0.2) is 54.6 Å². The van der Waals surface area contributed by atoms with Crippen molar-refractivity contribution in [1.29, 1.82) is 0 Å². The van der Waals surface area contributed by atoms with Gasteiger partial charge in [-0.15, -0.1) is 0 Å². The monoisotopic (exact) mass is 574 g/mol. The van der Waals surface area contributed by atoms with Gasteiger partial charge in [-0.1, -0.05) is 48.5 Å². The Bertz CT molecular complexity index is 1200. The van der Waals surface area contributed by atoms with E-state index in [1.807, 2.05) is 64.4 Å². The molecule has 2 atom stereocenters. The molecule has 4 heterocycles. The number of piperidine rings is 1. The lowest BCUT2D eigenvalue weighted by Crippen LogP contribution is -2.45. The van der Waals surface area contributed by atoms with Crippen LogP contribution in [0.2, 0.25) is 0 Å². The third-order valence-electron chi connectivity index (χ3n) is 9.64. The minimum absolute atomic E-state index is 0.0736. The number of likely N-dealkylation sites (tertiary alicyclic amines) is 3. The van der Waals surface area contributed by atoms with Crippen molar-refractivity contribution in [2.24, 2.45) is 0 Å². The number of carbonyl (C=O) groups excluding carboxylic acids is 2. The Hall–Kier alpha value is -3.14. The van der Waals surface area contributed by atoms with Crippen molar-refractivity contribution >= 4 is 17.8 Å². The first-order valence-electron chi connectivity index (χ1n) is 15.9. The number of hydrogen-bond donors (Lipinski definition) is 1. The van der Waals surface area contributed by atoms with Gasteiger partial charge in [-0.3, -0.25) is 10.2 Å². The van der Waals surface area contributed by atoms with E-state index in [9.17, 15) is 9.59 Å². The summed E-state index contributed by atoms with van der Waals surface area (Å²) in [5.41, 5.74) is 2.79. The maximum Gasteiger partial charge on any atom is 0.411 e. The highest BCUT2D eigenvalue weighted by Gasteiger charge is 2.41. The van der Waals surface area contributed by atoms with Gasteiger partial charge in [0.05, 0.1) is 5.69 Å². The number of benzene rings is 2. The van der Waals surface area contributed by atoms with E-state index in [4.69, 9.17) is 4.74 Å². The fraction of sp³-hybridized carbons (Fsp3) is 0.576. The van der Waals surface area contributed by atoms with Crippen LogP contribution in [0.4, 0.5) is 15.3 Å². The second-order valence-corrected chi connectivity index (χ2v) is 12.4. The lowest BCUT2D eigenvalue weighted by atomic mass is 10.0. The summed E-state index contributed by atoms with van der Waals surface area (Å²) in [7, 11) is 2.24. The first kappa shape index (κ1) is 29.0. The predicted molar refractivity (Wildman–Crippen MR) is 166 cm³/mol. The molecule has 42 heavy (non-hydrogen) atoms. The van der Waals surface area contributed by atoms with Crippen LogP contribution in [0.25, 0.3) is 11.1 Å². The summed E-state index contributed by atoms with van der Waals surface area (Å²) in [6.45, 7) is 9.69. The molecule has 2 bridgehead atoms. The Morgan fingerprint density at radius 2 is 1.52 bits per heavy atom. The van der Waals surface area contributed by atoms with Gasteiger partial charge < -0.3 is 24.3 Å². The average Bonchev–Trinajstić information content (AvgIpc) is 3.69. The lowest BCUT2D eigenvalue weighted by Gasteiger charge is -2.32. The summed E-state index contributed by atoms with van der Waals surface area (Å²) in [4.78, 5) is 37.3. The molecule has 6 rings (SSSR count). The molecule has 4 fully saturated rings. The molecule has 4 aliphatic rings. The topological polar surface area (TPSA) is 71.6 Å². The molecule has 2 aromatic rings. The summed E-state index contributed by atoms with van der Waals surface area (Å²) < 4.78 is 5.79. The Kier molecular flexibility index (Phi) is 9.27. The number of piperazine rings is 1. The van der Waals surface area contributed by atoms with E-state index in [1.165, 1.54) is 19.5 Å². The zero-order valence-electron chi connectivity index (χ0n) is 25.0. The van der Waals surface area contributed by atoms with Gasteiger partial charge in [-0.05, 0) is 57.3 Å². The number of anilines is 1. The molecule has 0 aliphatic carbocycles. The highest BCUT2D eigenvalue weighted by atomic mass is 16.6. The summed E-state index contributed by atoms with van der Waals surface area (Å²) in [5.74, 6) is 0. The molecule has 2 aromatic carbocycles. The zero-order valence-corrected chi connectivity index (χ0v) is 25.0. The molecule has 0 radical (unpaired) electrons. The fourth-order valence-electron chi connectivity index (χ4n) is 7.22. The second kappa shape index (κ2) is 13.4. The van der Waals surface area contributed by atoms with Crippen LogP contribution in [-0.2, 0) is 4.74 Å². The predicted octanol–water partition coefficient (Wildman–Crippen LogP) is 4.27. The van der Waals surface area contributed by atoms with Gasteiger partial charge >= 0.3 is 12.1 Å². The largest absolute Gasteiger partial charge is 0.446 e. The number of ether oxygens (including phenoxy) is 1. The molecule has 3 amide bonds. The highest BCUT2D eigenvalue weighted by Crippen LogP contribution is 2.30. The van der Waals surface area contributed by atoms with Crippen molar-refractivity contribution in [3.8, 4) is 11.1 Å². The number of likely N-dealkylation sites (N-methyl/N-ethyl adjacent to an activating group) is 1. The molecule has 9 heteroatoms. The molecular weight excluding hydrogens is 528 g/mol. The molecule has 226 valence electrons. The van der Waals surface area contributed by atoms with Crippen molar-refractivity contribution < 1.29 is 14.3 Å². The van der Waals surface area contributed by atoms with E-state index in [2.05, 4.69) is 27.1 Å². The van der Waals surface area contributed by atoms with E-state index in [1.54, 1.807) is 0 Å². The number of fused-ring (bicyclic) bond motifs is 2. The Morgan fingerprint density at radius 1 is 0.833 bits per heavy atom. The fourth-order valence-corrected chi connectivity index (χ4v) is 7.22. The van der Waals surface area contributed by atoms with Gasteiger partial charge in [0.1, 0.15) is 6.10 Å². The number of rotatable bonds is 11. The number of urea groups is 1. The van der Waals surface area contributed by atoms with E-state index in [0.29, 0.717) is 0 Å². The summed E-state index contributed by atoms with van der Waals surface area (Å²) in [5, 5.41) is 2.96. The minimum Gasteiger partial charge on any atom is -0.446 e. The van der Waals surface area contributed by atoms with E-state index < -0.39 is 6.09 Å². The standard InChI is InChI=1S/C33H46N6O3/c1-35-24-28-23-27(35)25-39(28)18-8-17-38-22-21-37(33(38)41)16-7-15-36-19-13-29(14-20-36)42-32(40)34-31-12-6-5-11-30(31)26-9-3-2-4-10-26/h2-6,9-12,27-29H,7-8,13-25H2,1H3,(H,34,40)/t27-,28-/m0/s1. The molecular formula is C33H46N6O3. The molecule has 4 saturated heterocycles. The van der Waals surface area contributed by atoms with Crippen LogP contribution in [0.5, 0.6) is 0 Å². The lowest BCUT2D eigenvalue weighted by molar-refractivity contribution is 0.0581. The molecule has 0 saturated carbocycles. The van der Waals surface area contributed by atoms with Crippen LogP contribution in [-0.4, -0.2) is 127 Å². The second-order valence-electron chi connectivity index (χ2n) is 12.4. The molecule has 0 aromatic heterocycles. The van der Waals surface area contributed by atoms with Crippen molar-refractivity contribution in [2.75, 3.05) is 77.8 Å². The number of nitrogens with zero attached hydrogens (tertiary/aromatic N) is 5. The Labute approximate surface area is 250 Å². The SMILES string of the molecule is CN1C[C@@H]2C[C@H]1CN2CCCN1CCN(CCCN2CCC(OC(=O)Nc3ccccc3-c3ccccc3)CC2)C1=O. The summed E-state index contributed by atoms with van der Waals surface area (Å²) in [6, 6.07) is 19.5. The van der Waals surface area contributed by atoms with Crippen molar-refractivity contribution in [1.82, 2.24) is 24.5 Å². The van der Waals surface area contributed by atoms with Gasteiger partial charge in [0.25, 0.3) is 0 Å². The number of carbonyl (C=O) groups is 2. The van der Waals surface area contributed by atoms with Crippen LogP contribution < -0.4 is 5.32 Å². The normalized spacial score (nSPS) is 23.7. The van der Waals surface area contributed by atoms with Crippen molar-refractivity contribution in [2.45, 2.75) is 50.3 Å². The van der Waals surface area contributed by atoms with Gasteiger partial charge in [-0.2, -0.15) is 0 Å². The maximum atomic E-state index is 12.9. The van der Waals surface area contributed by atoms with Gasteiger partial charge in [0.15, 0.2) is 0 Å². The Balaban J connectivity index is 0.853. The molecule has 0 unspecified atom stereocenters. The Morgan fingerprint density at radius 3 is 2.21 bits per heavy atom. The quantitative estimate of drug-likeness (QED) is 0.432. The van der Waals surface area contributed by atoms with Crippen LogP contribution in [0, 0.1) is 0 Å². The molecule has 9 nitrogen and oxygen atoms in total. The number of hydrogen-bond acceptors (Lipinski definition) is 6. The first-order valence-corrected chi connectivity index (χ1v) is 15.9. The van der Waals surface area contributed by atoms with Gasteiger partial charge in [-0.25, -0.2) is 9.59 Å². The third kappa shape index (κ3) is 6.90. The third-order valence-corrected chi connectivity index (χ3v) is 9.64. The molecule has 0 spiro atoms. The number of amides is 3. The van der Waals surface area contributed by atoms with Gasteiger partial charge in [0.2, 0.25) is 0 Å². The number of nitrogens with one attached hydrogen (secondary N) is 1. The maximum absolute atomic E-state index is 12.9. The molecule has 1 N–H and O–H groups in total. The van der Waals surface area contributed by atoms with Crippen LogP contribution in [0.1, 0.15) is 32.1 Å².